The van der Waals surface area contributed by atoms with E-state index in [0.717, 1.165) is 18.4 Å². The normalized spacial score (nSPS) is 10.8. The first-order valence-corrected chi connectivity index (χ1v) is 7.65. The maximum atomic E-state index is 12.3. The van der Waals surface area contributed by atoms with E-state index >= 15 is 0 Å². The summed E-state index contributed by atoms with van der Waals surface area (Å²) in [5, 5.41) is 9.84. The quantitative estimate of drug-likeness (QED) is 0.800. The van der Waals surface area contributed by atoms with Gasteiger partial charge in [-0.15, -0.1) is 0 Å². The van der Waals surface area contributed by atoms with Crippen molar-refractivity contribution in [2.24, 2.45) is 0 Å². The molecule has 0 aliphatic rings. The Kier molecular flexibility index (Phi) is 7.63. The van der Waals surface area contributed by atoms with E-state index in [1.165, 1.54) is 0 Å². The van der Waals surface area contributed by atoms with E-state index in [9.17, 15) is 4.79 Å². The van der Waals surface area contributed by atoms with Crippen molar-refractivity contribution in [2.45, 2.75) is 45.6 Å². The van der Waals surface area contributed by atoms with E-state index in [4.69, 9.17) is 16.7 Å². The molecule has 0 fully saturated rings. The van der Waals surface area contributed by atoms with Gasteiger partial charge in [0, 0.05) is 24.0 Å². The molecule has 3 nitrogen and oxygen atoms in total. The molecule has 0 aliphatic heterocycles. The van der Waals surface area contributed by atoms with Gasteiger partial charge in [0.15, 0.2) is 0 Å². The Bertz CT molecular complexity index is 419. The SMILES string of the molecule is CCC(CC)N(CCO)C(=O)CCc1ccccc1Cl. The Labute approximate surface area is 126 Å². The molecule has 0 bridgehead atoms. The Morgan fingerprint density at radius 3 is 2.50 bits per heavy atom. The van der Waals surface area contributed by atoms with Crippen LogP contribution in [0.1, 0.15) is 38.7 Å². The van der Waals surface area contributed by atoms with Crippen LogP contribution in [0.5, 0.6) is 0 Å². The number of aliphatic hydroxyl groups is 1. The second kappa shape index (κ2) is 8.98. The number of rotatable bonds is 8. The zero-order valence-electron chi connectivity index (χ0n) is 12.3. The van der Waals surface area contributed by atoms with Gasteiger partial charge in [0.2, 0.25) is 5.91 Å². The number of aryl methyl sites for hydroxylation is 1. The molecule has 4 heteroatoms. The number of hydrogen-bond acceptors (Lipinski definition) is 2. The Hall–Kier alpha value is -1.06. The van der Waals surface area contributed by atoms with E-state index in [2.05, 4.69) is 13.8 Å². The highest BCUT2D eigenvalue weighted by Crippen LogP contribution is 2.18. The average Bonchev–Trinajstić information content (AvgIpc) is 2.46. The van der Waals surface area contributed by atoms with Gasteiger partial charge in [-0.25, -0.2) is 0 Å². The van der Waals surface area contributed by atoms with Gasteiger partial charge in [-0.05, 0) is 30.9 Å². The van der Waals surface area contributed by atoms with Crippen LogP contribution in [0.25, 0.3) is 0 Å². The van der Waals surface area contributed by atoms with Gasteiger partial charge in [-0.1, -0.05) is 43.6 Å². The number of nitrogens with zero attached hydrogens (tertiary/aromatic N) is 1. The van der Waals surface area contributed by atoms with E-state index in [-0.39, 0.29) is 18.6 Å². The summed E-state index contributed by atoms with van der Waals surface area (Å²) >= 11 is 6.10. The first-order valence-electron chi connectivity index (χ1n) is 7.27. The molecule has 0 aliphatic carbocycles. The van der Waals surface area contributed by atoms with Crippen molar-refractivity contribution in [3.05, 3.63) is 34.9 Å². The zero-order chi connectivity index (χ0) is 15.0. The largest absolute Gasteiger partial charge is 0.395 e. The molecule has 112 valence electrons. The van der Waals surface area contributed by atoms with Crippen LogP contribution in [0.3, 0.4) is 0 Å². The molecule has 0 unspecified atom stereocenters. The number of aliphatic hydroxyl groups excluding tert-OH is 1. The lowest BCUT2D eigenvalue weighted by molar-refractivity contribution is -0.134. The van der Waals surface area contributed by atoms with Crippen LogP contribution in [-0.2, 0) is 11.2 Å². The highest BCUT2D eigenvalue weighted by atomic mass is 35.5. The number of hydrogen-bond donors (Lipinski definition) is 1. The smallest absolute Gasteiger partial charge is 0.223 e. The van der Waals surface area contributed by atoms with Crippen LogP contribution in [0.4, 0.5) is 0 Å². The van der Waals surface area contributed by atoms with Crippen molar-refractivity contribution in [3.8, 4) is 0 Å². The van der Waals surface area contributed by atoms with Crippen LogP contribution in [-0.4, -0.2) is 35.1 Å². The summed E-state index contributed by atoms with van der Waals surface area (Å²) in [6.07, 6.45) is 2.89. The first kappa shape index (κ1) is 17.0. The number of benzene rings is 1. The lowest BCUT2D eigenvalue weighted by Gasteiger charge is -2.30. The zero-order valence-corrected chi connectivity index (χ0v) is 13.1. The molecule has 1 aromatic carbocycles. The van der Waals surface area contributed by atoms with Crippen LogP contribution >= 0.6 is 11.6 Å². The van der Waals surface area contributed by atoms with E-state index in [1.54, 1.807) is 4.90 Å². The summed E-state index contributed by atoms with van der Waals surface area (Å²) < 4.78 is 0. The fourth-order valence-electron chi connectivity index (χ4n) is 2.43. The summed E-state index contributed by atoms with van der Waals surface area (Å²) in [6.45, 7) is 4.56. The molecule has 1 rings (SSSR count). The Morgan fingerprint density at radius 1 is 1.30 bits per heavy atom. The topological polar surface area (TPSA) is 40.5 Å². The lowest BCUT2D eigenvalue weighted by atomic mass is 10.1. The molecule has 0 heterocycles. The average molecular weight is 298 g/mol. The van der Waals surface area contributed by atoms with Crippen molar-refractivity contribution in [1.29, 1.82) is 0 Å². The van der Waals surface area contributed by atoms with Gasteiger partial charge in [-0.2, -0.15) is 0 Å². The summed E-state index contributed by atoms with van der Waals surface area (Å²) in [5.41, 5.74) is 0.996. The second-order valence-electron chi connectivity index (χ2n) is 4.87. The molecule has 0 spiro atoms. The summed E-state index contributed by atoms with van der Waals surface area (Å²) in [5.74, 6) is 0.0904. The highest BCUT2D eigenvalue weighted by molar-refractivity contribution is 6.31. The van der Waals surface area contributed by atoms with E-state index in [0.29, 0.717) is 24.4 Å². The van der Waals surface area contributed by atoms with Crippen LogP contribution in [0, 0.1) is 0 Å². The van der Waals surface area contributed by atoms with E-state index in [1.807, 2.05) is 24.3 Å². The van der Waals surface area contributed by atoms with Crippen molar-refractivity contribution in [3.63, 3.8) is 0 Å². The minimum absolute atomic E-state index is 0.00827. The van der Waals surface area contributed by atoms with Crippen molar-refractivity contribution < 1.29 is 9.90 Å². The molecular formula is C16H24ClNO2. The fourth-order valence-corrected chi connectivity index (χ4v) is 2.66. The van der Waals surface area contributed by atoms with Gasteiger partial charge >= 0.3 is 0 Å². The molecule has 1 amide bonds. The van der Waals surface area contributed by atoms with Crippen LogP contribution in [0.15, 0.2) is 24.3 Å². The maximum absolute atomic E-state index is 12.3. The van der Waals surface area contributed by atoms with Gasteiger partial charge in [0.1, 0.15) is 0 Å². The number of carbonyl (C=O) groups is 1. The third-order valence-corrected chi connectivity index (χ3v) is 3.98. The second-order valence-corrected chi connectivity index (χ2v) is 5.28. The number of carbonyl (C=O) groups excluding carboxylic acids is 1. The molecule has 0 saturated heterocycles. The number of amides is 1. The monoisotopic (exact) mass is 297 g/mol. The number of halogens is 1. The fraction of sp³-hybridized carbons (Fsp3) is 0.562. The molecule has 1 N–H and O–H groups in total. The highest BCUT2D eigenvalue weighted by Gasteiger charge is 2.20. The van der Waals surface area contributed by atoms with Crippen LogP contribution in [0.2, 0.25) is 5.02 Å². The third-order valence-electron chi connectivity index (χ3n) is 3.61. The van der Waals surface area contributed by atoms with Gasteiger partial charge in [0.25, 0.3) is 0 Å². The first-order chi connectivity index (χ1) is 9.63. The minimum atomic E-state index is 0.00827. The van der Waals surface area contributed by atoms with Gasteiger partial charge < -0.3 is 10.0 Å². The molecule has 0 aromatic heterocycles. The lowest BCUT2D eigenvalue weighted by Crippen LogP contribution is -2.41. The summed E-state index contributed by atoms with van der Waals surface area (Å²) in [4.78, 5) is 14.2. The third kappa shape index (κ3) is 4.80. The predicted octanol–water partition coefficient (Wildman–Crippen LogP) is 3.28. The molecule has 20 heavy (non-hydrogen) atoms. The van der Waals surface area contributed by atoms with Crippen LogP contribution < -0.4 is 0 Å². The van der Waals surface area contributed by atoms with Gasteiger partial charge in [0.05, 0.1) is 6.61 Å². The molecular weight excluding hydrogens is 274 g/mol. The molecule has 0 radical (unpaired) electrons. The van der Waals surface area contributed by atoms with Crippen molar-refractivity contribution in [2.75, 3.05) is 13.2 Å². The van der Waals surface area contributed by atoms with Gasteiger partial charge in [-0.3, -0.25) is 4.79 Å². The van der Waals surface area contributed by atoms with E-state index < -0.39 is 0 Å². The molecule has 1 aromatic rings. The summed E-state index contributed by atoms with van der Waals surface area (Å²) in [7, 11) is 0. The van der Waals surface area contributed by atoms with Crippen molar-refractivity contribution >= 4 is 17.5 Å². The molecule has 0 atom stereocenters. The summed E-state index contributed by atoms with van der Waals surface area (Å²) in [6, 6.07) is 7.81. The predicted molar refractivity (Wildman–Crippen MR) is 82.9 cm³/mol. The maximum Gasteiger partial charge on any atom is 0.223 e. The Balaban J connectivity index is 2.64. The standard InChI is InChI=1S/C16H24ClNO2/c1-3-14(4-2)18(11-12-19)16(20)10-9-13-7-5-6-8-15(13)17/h5-8,14,19H,3-4,9-12H2,1-2H3. The minimum Gasteiger partial charge on any atom is -0.395 e. The van der Waals surface area contributed by atoms with Crippen molar-refractivity contribution in [1.82, 2.24) is 4.90 Å². The Morgan fingerprint density at radius 2 is 1.95 bits per heavy atom. The molecule has 0 saturated carbocycles.